The van der Waals surface area contributed by atoms with Gasteiger partial charge < -0.3 is 26.0 Å². The molecule has 1 amide bonds. The van der Waals surface area contributed by atoms with Gasteiger partial charge in [0.25, 0.3) is 5.91 Å². The second-order valence-electron chi connectivity index (χ2n) is 3.69. The summed E-state index contributed by atoms with van der Waals surface area (Å²) >= 11 is 0. The van der Waals surface area contributed by atoms with Gasteiger partial charge >= 0.3 is 0 Å². The lowest BCUT2D eigenvalue weighted by Gasteiger charge is -2.16. The van der Waals surface area contributed by atoms with Gasteiger partial charge in [0, 0.05) is 5.69 Å². The Morgan fingerprint density at radius 3 is 2.67 bits per heavy atom. The van der Waals surface area contributed by atoms with E-state index in [0.29, 0.717) is 12.4 Å². The van der Waals surface area contributed by atoms with Gasteiger partial charge in [-0.05, 0) is 19.1 Å². The van der Waals surface area contributed by atoms with E-state index in [0.717, 1.165) is 0 Å². The first-order chi connectivity index (χ1) is 8.63. The number of nitrogens with two attached hydrogens (primary N) is 1. The molecule has 0 aliphatic heterocycles. The molecule has 0 bridgehead atoms. The maximum absolute atomic E-state index is 12.0. The van der Waals surface area contributed by atoms with E-state index in [4.69, 9.17) is 20.7 Å². The molecule has 1 aromatic carbocycles. The van der Waals surface area contributed by atoms with Crippen LogP contribution in [0.1, 0.15) is 17.3 Å². The molecule has 0 unspecified atom stereocenters. The SMILES string of the molecule is CCOc1cccc(N)c1C(=O)NC(CO)CO. The van der Waals surface area contributed by atoms with Crippen molar-refractivity contribution in [3.8, 4) is 5.75 Å². The van der Waals surface area contributed by atoms with Gasteiger partial charge in [-0.15, -0.1) is 0 Å². The van der Waals surface area contributed by atoms with Crippen LogP contribution in [0.25, 0.3) is 0 Å². The number of nitrogens with one attached hydrogen (secondary N) is 1. The lowest BCUT2D eigenvalue weighted by molar-refractivity contribution is 0.0876. The van der Waals surface area contributed by atoms with E-state index in [2.05, 4.69) is 5.32 Å². The van der Waals surface area contributed by atoms with Crippen molar-refractivity contribution in [2.75, 3.05) is 25.6 Å². The molecule has 0 aliphatic carbocycles. The van der Waals surface area contributed by atoms with E-state index in [-0.39, 0.29) is 24.5 Å². The average molecular weight is 254 g/mol. The lowest BCUT2D eigenvalue weighted by Crippen LogP contribution is -2.40. The summed E-state index contributed by atoms with van der Waals surface area (Å²) in [5.74, 6) is -0.103. The van der Waals surface area contributed by atoms with Crippen LogP contribution >= 0.6 is 0 Å². The highest BCUT2D eigenvalue weighted by atomic mass is 16.5. The molecule has 0 aliphatic rings. The largest absolute Gasteiger partial charge is 0.493 e. The summed E-state index contributed by atoms with van der Waals surface area (Å²) < 4.78 is 5.32. The van der Waals surface area contributed by atoms with Crippen molar-refractivity contribution < 1.29 is 19.7 Å². The van der Waals surface area contributed by atoms with Gasteiger partial charge in [-0.25, -0.2) is 0 Å². The Morgan fingerprint density at radius 1 is 1.44 bits per heavy atom. The molecule has 0 saturated carbocycles. The van der Waals surface area contributed by atoms with E-state index in [1.807, 2.05) is 0 Å². The van der Waals surface area contributed by atoms with Crippen molar-refractivity contribution in [1.82, 2.24) is 5.32 Å². The number of rotatable bonds is 6. The normalized spacial score (nSPS) is 10.4. The van der Waals surface area contributed by atoms with Gasteiger partial charge in [-0.2, -0.15) is 0 Å². The minimum absolute atomic E-state index is 0.214. The molecule has 0 saturated heterocycles. The smallest absolute Gasteiger partial charge is 0.257 e. The van der Waals surface area contributed by atoms with E-state index < -0.39 is 11.9 Å². The number of carbonyl (C=O) groups excluding carboxylic acids is 1. The number of carbonyl (C=O) groups is 1. The van der Waals surface area contributed by atoms with Gasteiger partial charge in [-0.3, -0.25) is 4.79 Å². The summed E-state index contributed by atoms with van der Waals surface area (Å²) in [6, 6.07) is 4.20. The molecular weight excluding hydrogens is 236 g/mol. The van der Waals surface area contributed by atoms with Gasteiger partial charge in [-0.1, -0.05) is 6.07 Å². The predicted molar refractivity (Wildman–Crippen MR) is 67.4 cm³/mol. The van der Waals surface area contributed by atoms with Gasteiger partial charge in [0.05, 0.1) is 25.9 Å². The maximum Gasteiger partial charge on any atom is 0.257 e. The minimum Gasteiger partial charge on any atom is -0.493 e. The number of aliphatic hydroxyl groups excluding tert-OH is 2. The molecule has 1 aromatic rings. The van der Waals surface area contributed by atoms with Crippen LogP contribution in [0.5, 0.6) is 5.75 Å². The fraction of sp³-hybridized carbons (Fsp3) is 0.417. The van der Waals surface area contributed by atoms with Crippen LogP contribution < -0.4 is 15.8 Å². The molecule has 6 heteroatoms. The monoisotopic (exact) mass is 254 g/mol. The van der Waals surface area contributed by atoms with Crippen molar-refractivity contribution in [3.63, 3.8) is 0 Å². The van der Waals surface area contributed by atoms with Crippen molar-refractivity contribution in [1.29, 1.82) is 0 Å². The van der Waals surface area contributed by atoms with Gasteiger partial charge in [0.2, 0.25) is 0 Å². The highest BCUT2D eigenvalue weighted by Crippen LogP contribution is 2.24. The molecule has 0 radical (unpaired) electrons. The molecule has 6 nitrogen and oxygen atoms in total. The molecule has 1 rings (SSSR count). The first kappa shape index (κ1) is 14.3. The Hall–Kier alpha value is -1.79. The Labute approximate surface area is 105 Å². The fourth-order valence-corrected chi connectivity index (χ4v) is 1.47. The summed E-state index contributed by atoms with van der Waals surface area (Å²) in [5.41, 5.74) is 6.24. The minimum atomic E-state index is -0.716. The van der Waals surface area contributed by atoms with Crippen LogP contribution in [0.4, 0.5) is 5.69 Å². The Bertz CT molecular complexity index is 405. The fourth-order valence-electron chi connectivity index (χ4n) is 1.47. The zero-order valence-electron chi connectivity index (χ0n) is 10.2. The molecule has 5 N–H and O–H groups in total. The van der Waals surface area contributed by atoms with E-state index in [1.54, 1.807) is 25.1 Å². The first-order valence-corrected chi connectivity index (χ1v) is 5.67. The number of nitrogen functional groups attached to an aromatic ring is 1. The van der Waals surface area contributed by atoms with Crippen LogP contribution in [0, 0.1) is 0 Å². The first-order valence-electron chi connectivity index (χ1n) is 5.67. The number of hydrogen-bond donors (Lipinski definition) is 4. The van der Waals surface area contributed by atoms with Crippen LogP contribution in [-0.4, -0.2) is 42.0 Å². The average Bonchev–Trinajstić information content (AvgIpc) is 2.36. The van der Waals surface area contributed by atoms with Crippen LogP contribution in [-0.2, 0) is 0 Å². The maximum atomic E-state index is 12.0. The van der Waals surface area contributed by atoms with Crippen molar-refractivity contribution in [2.45, 2.75) is 13.0 Å². The van der Waals surface area contributed by atoms with Crippen molar-refractivity contribution >= 4 is 11.6 Å². The molecule has 0 aromatic heterocycles. The number of anilines is 1. The number of ether oxygens (including phenoxy) is 1. The second kappa shape index (κ2) is 6.83. The molecule has 100 valence electrons. The van der Waals surface area contributed by atoms with Gasteiger partial charge in [0.15, 0.2) is 0 Å². The van der Waals surface area contributed by atoms with E-state index >= 15 is 0 Å². The third-order valence-electron chi connectivity index (χ3n) is 2.36. The summed E-state index contributed by atoms with van der Waals surface area (Å²) in [6.07, 6.45) is 0. The molecule has 18 heavy (non-hydrogen) atoms. The van der Waals surface area contributed by atoms with E-state index in [9.17, 15) is 4.79 Å². The second-order valence-corrected chi connectivity index (χ2v) is 3.69. The number of amides is 1. The molecule has 0 heterocycles. The summed E-state index contributed by atoms with van der Waals surface area (Å²) in [7, 11) is 0. The van der Waals surface area contributed by atoms with Gasteiger partial charge in [0.1, 0.15) is 11.3 Å². The van der Waals surface area contributed by atoms with Crippen molar-refractivity contribution in [3.05, 3.63) is 23.8 Å². The molecule has 0 spiro atoms. The standard InChI is InChI=1S/C12H18N2O4/c1-2-18-10-5-3-4-9(13)11(10)12(17)14-8(6-15)7-16/h3-5,8,15-16H,2,6-7,13H2,1H3,(H,14,17). The van der Waals surface area contributed by atoms with Crippen LogP contribution in [0.3, 0.4) is 0 Å². The summed E-state index contributed by atoms with van der Waals surface area (Å²) in [5, 5.41) is 20.3. The van der Waals surface area contributed by atoms with Crippen LogP contribution in [0.15, 0.2) is 18.2 Å². The predicted octanol–water partition coefficient (Wildman–Crippen LogP) is -0.249. The lowest BCUT2D eigenvalue weighted by atomic mass is 10.1. The Morgan fingerprint density at radius 2 is 2.11 bits per heavy atom. The third kappa shape index (κ3) is 3.35. The zero-order valence-corrected chi connectivity index (χ0v) is 10.2. The van der Waals surface area contributed by atoms with Crippen molar-refractivity contribution in [2.24, 2.45) is 0 Å². The zero-order chi connectivity index (χ0) is 13.5. The topological polar surface area (TPSA) is 105 Å². The number of benzene rings is 1. The summed E-state index contributed by atoms with van der Waals surface area (Å²) in [6.45, 7) is 1.51. The van der Waals surface area contributed by atoms with E-state index in [1.165, 1.54) is 0 Å². The Kier molecular flexibility index (Phi) is 5.41. The Balaban J connectivity index is 2.96. The quantitative estimate of drug-likeness (QED) is 0.524. The molecule has 0 atom stereocenters. The summed E-state index contributed by atoms with van der Waals surface area (Å²) in [4.78, 5) is 12.0. The number of hydrogen-bond acceptors (Lipinski definition) is 5. The molecule has 0 fully saturated rings. The highest BCUT2D eigenvalue weighted by Gasteiger charge is 2.18. The third-order valence-corrected chi connectivity index (χ3v) is 2.36. The molecular formula is C12H18N2O4. The van der Waals surface area contributed by atoms with Crippen LogP contribution in [0.2, 0.25) is 0 Å². The highest BCUT2D eigenvalue weighted by molar-refractivity contribution is 6.02. The number of aliphatic hydroxyl groups is 2.